The number of hydrogen-bond acceptors (Lipinski definition) is 3. The largest absolute Gasteiger partial charge is 0.328 e. The first-order chi connectivity index (χ1) is 7.25. The van der Waals surface area contributed by atoms with Crippen molar-refractivity contribution in [2.75, 3.05) is 0 Å². The molecule has 1 aromatic heterocycles. The van der Waals surface area contributed by atoms with Crippen LogP contribution < -0.4 is 5.73 Å². The van der Waals surface area contributed by atoms with E-state index in [0.29, 0.717) is 0 Å². The molecule has 1 aromatic rings. The molecule has 1 aliphatic rings. The molecule has 1 heterocycles. The molecule has 3 heteroatoms. The average Bonchev–Trinajstić information content (AvgIpc) is 2.67. The molecule has 0 bridgehead atoms. The summed E-state index contributed by atoms with van der Waals surface area (Å²) in [4.78, 5) is 5.91. The zero-order valence-corrected chi connectivity index (χ0v) is 10.2. The molecule has 2 nitrogen and oxygen atoms in total. The standard InChI is InChI=1S/C12H20N2S/c1-9(13)7-11-8-14-12(15-11)10-5-3-2-4-6-10/h8-10H,2-7,13H2,1H3. The van der Waals surface area contributed by atoms with Gasteiger partial charge in [0.1, 0.15) is 0 Å². The normalized spacial score (nSPS) is 20.4. The Labute approximate surface area is 95.9 Å². The van der Waals surface area contributed by atoms with E-state index in [0.717, 1.165) is 12.3 Å². The summed E-state index contributed by atoms with van der Waals surface area (Å²) in [6.45, 7) is 2.06. The highest BCUT2D eigenvalue weighted by Gasteiger charge is 2.18. The Morgan fingerprint density at radius 3 is 2.87 bits per heavy atom. The van der Waals surface area contributed by atoms with Gasteiger partial charge < -0.3 is 5.73 Å². The number of rotatable bonds is 3. The van der Waals surface area contributed by atoms with E-state index in [2.05, 4.69) is 11.9 Å². The molecule has 1 atom stereocenters. The highest BCUT2D eigenvalue weighted by molar-refractivity contribution is 7.11. The SMILES string of the molecule is CC(N)Cc1cnc(C2CCCCC2)s1. The minimum absolute atomic E-state index is 0.254. The first-order valence-electron chi connectivity index (χ1n) is 5.96. The van der Waals surface area contributed by atoms with Crippen LogP contribution >= 0.6 is 11.3 Å². The Bertz CT molecular complexity index is 300. The molecule has 1 unspecified atom stereocenters. The zero-order chi connectivity index (χ0) is 10.7. The lowest BCUT2D eigenvalue weighted by Crippen LogP contribution is -2.16. The highest BCUT2D eigenvalue weighted by Crippen LogP contribution is 2.34. The summed E-state index contributed by atoms with van der Waals surface area (Å²) in [5, 5.41) is 1.35. The van der Waals surface area contributed by atoms with E-state index in [4.69, 9.17) is 5.73 Å². The summed E-state index contributed by atoms with van der Waals surface area (Å²) in [6, 6.07) is 0.254. The van der Waals surface area contributed by atoms with E-state index in [1.54, 1.807) is 0 Å². The van der Waals surface area contributed by atoms with E-state index in [9.17, 15) is 0 Å². The molecule has 0 aromatic carbocycles. The van der Waals surface area contributed by atoms with Gasteiger partial charge >= 0.3 is 0 Å². The van der Waals surface area contributed by atoms with Gasteiger partial charge in [0, 0.05) is 23.0 Å². The summed E-state index contributed by atoms with van der Waals surface area (Å²) in [6.07, 6.45) is 9.85. The van der Waals surface area contributed by atoms with Crippen LogP contribution in [0.1, 0.15) is 54.8 Å². The second-order valence-electron chi connectivity index (χ2n) is 4.68. The number of aromatic nitrogens is 1. The molecule has 0 radical (unpaired) electrons. The van der Waals surface area contributed by atoms with Gasteiger partial charge in [-0.25, -0.2) is 4.98 Å². The predicted octanol–water partition coefficient (Wildman–Crippen LogP) is 3.08. The van der Waals surface area contributed by atoms with Crippen LogP contribution in [0.15, 0.2) is 6.20 Å². The molecule has 2 N–H and O–H groups in total. The number of thiazole rings is 1. The van der Waals surface area contributed by atoms with Crippen molar-refractivity contribution in [3.8, 4) is 0 Å². The Kier molecular flexibility index (Phi) is 3.76. The first kappa shape index (κ1) is 11.1. The Hall–Kier alpha value is -0.410. The van der Waals surface area contributed by atoms with E-state index in [-0.39, 0.29) is 6.04 Å². The van der Waals surface area contributed by atoms with E-state index < -0.39 is 0 Å². The van der Waals surface area contributed by atoms with Gasteiger partial charge in [0.05, 0.1) is 5.01 Å². The molecular formula is C12H20N2S. The van der Waals surface area contributed by atoms with Crippen molar-refractivity contribution >= 4 is 11.3 Å². The molecule has 0 amide bonds. The van der Waals surface area contributed by atoms with Crippen LogP contribution in [-0.2, 0) is 6.42 Å². The van der Waals surface area contributed by atoms with Crippen molar-refractivity contribution in [2.45, 2.75) is 57.4 Å². The third-order valence-corrected chi connectivity index (χ3v) is 4.23. The monoisotopic (exact) mass is 224 g/mol. The van der Waals surface area contributed by atoms with Gasteiger partial charge in [0.15, 0.2) is 0 Å². The third kappa shape index (κ3) is 3.02. The van der Waals surface area contributed by atoms with Gasteiger partial charge in [-0.15, -0.1) is 11.3 Å². The van der Waals surface area contributed by atoms with Crippen molar-refractivity contribution in [1.82, 2.24) is 4.98 Å². The maximum atomic E-state index is 5.79. The van der Waals surface area contributed by atoms with Gasteiger partial charge in [-0.3, -0.25) is 0 Å². The molecular weight excluding hydrogens is 204 g/mol. The van der Waals surface area contributed by atoms with Crippen molar-refractivity contribution in [2.24, 2.45) is 5.73 Å². The predicted molar refractivity (Wildman–Crippen MR) is 65.3 cm³/mol. The second kappa shape index (κ2) is 5.08. The molecule has 0 spiro atoms. The van der Waals surface area contributed by atoms with Gasteiger partial charge in [0.2, 0.25) is 0 Å². The van der Waals surface area contributed by atoms with E-state index >= 15 is 0 Å². The minimum atomic E-state index is 0.254. The smallest absolute Gasteiger partial charge is 0.0958 e. The topological polar surface area (TPSA) is 38.9 Å². The van der Waals surface area contributed by atoms with Crippen LogP contribution in [0.2, 0.25) is 0 Å². The lowest BCUT2D eigenvalue weighted by Gasteiger charge is -2.18. The summed E-state index contributed by atoms with van der Waals surface area (Å²) in [7, 11) is 0. The number of nitrogens with two attached hydrogens (primary N) is 1. The third-order valence-electron chi connectivity index (χ3n) is 3.05. The summed E-state index contributed by atoms with van der Waals surface area (Å²) >= 11 is 1.88. The van der Waals surface area contributed by atoms with Gasteiger partial charge in [-0.1, -0.05) is 19.3 Å². The Morgan fingerprint density at radius 2 is 2.20 bits per heavy atom. The fraction of sp³-hybridized carbons (Fsp3) is 0.750. The zero-order valence-electron chi connectivity index (χ0n) is 9.41. The molecule has 1 aliphatic carbocycles. The fourth-order valence-corrected chi connectivity index (χ4v) is 3.50. The summed E-state index contributed by atoms with van der Waals surface area (Å²) in [5.74, 6) is 0.741. The van der Waals surface area contributed by atoms with Gasteiger partial charge in [0.25, 0.3) is 0 Å². The van der Waals surface area contributed by atoms with Crippen LogP contribution in [0.25, 0.3) is 0 Å². The lowest BCUT2D eigenvalue weighted by atomic mass is 9.90. The highest BCUT2D eigenvalue weighted by atomic mass is 32.1. The summed E-state index contributed by atoms with van der Waals surface area (Å²) < 4.78 is 0. The number of nitrogens with zero attached hydrogens (tertiary/aromatic N) is 1. The van der Waals surface area contributed by atoms with E-state index in [1.165, 1.54) is 42.0 Å². The van der Waals surface area contributed by atoms with Crippen LogP contribution in [-0.4, -0.2) is 11.0 Å². The Balaban J connectivity index is 1.99. The first-order valence-corrected chi connectivity index (χ1v) is 6.77. The van der Waals surface area contributed by atoms with Crippen LogP contribution in [0.3, 0.4) is 0 Å². The van der Waals surface area contributed by atoms with Crippen molar-refractivity contribution in [3.63, 3.8) is 0 Å². The molecule has 2 rings (SSSR count). The van der Waals surface area contributed by atoms with Crippen molar-refractivity contribution in [3.05, 3.63) is 16.1 Å². The van der Waals surface area contributed by atoms with Gasteiger partial charge in [-0.05, 0) is 26.2 Å². The number of hydrogen-bond donors (Lipinski definition) is 1. The minimum Gasteiger partial charge on any atom is -0.328 e. The fourth-order valence-electron chi connectivity index (χ4n) is 2.27. The lowest BCUT2D eigenvalue weighted by molar-refractivity contribution is 0.442. The quantitative estimate of drug-likeness (QED) is 0.857. The van der Waals surface area contributed by atoms with Crippen molar-refractivity contribution in [1.29, 1.82) is 0 Å². The van der Waals surface area contributed by atoms with E-state index in [1.807, 2.05) is 17.5 Å². The molecule has 1 saturated carbocycles. The Morgan fingerprint density at radius 1 is 1.47 bits per heavy atom. The van der Waals surface area contributed by atoms with Crippen molar-refractivity contribution < 1.29 is 0 Å². The van der Waals surface area contributed by atoms with Crippen LogP contribution in [0.5, 0.6) is 0 Å². The van der Waals surface area contributed by atoms with Gasteiger partial charge in [-0.2, -0.15) is 0 Å². The molecule has 0 saturated heterocycles. The molecule has 84 valence electrons. The molecule has 15 heavy (non-hydrogen) atoms. The molecule has 0 aliphatic heterocycles. The summed E-state index contributed by atoms with van der Waals surface area (Å²) in [5.41, 5.74) is 5.79. The maximum Gasteiger partial charge on any atom is 0.0958 e. The van der Waals surface area contributed by atoms with Crippen LogP contribution in [0.4, 0.5) is 0 Å². The molecule has 1 fully saturated rings. The average molecular weight is 224 g/mol. The van der Waals surface area contributed by atoms with Crippen LogP contribution in [0, 0.1) is 0 Å². The maximum absolute atomic E-state index is 5.79. The second-order valence-corrected chi connectivity index (χ2v) is 5.83.